The van der Waals surface area contributed by atoms with Crippen LogP contribution in [0.4, 0.5) is 0 Å². The first-order valence-corrected chi connectivity index (χ1v) is 4.75. The van der Waals surface area contributed by atoms with Crippen LogP contribution in [0.15, 0.2) is 0 Å². The molecule has 0 N–H and O–H groups in total. The lowest BCUT2D eigenvalue weighted by molar-refractivity contribution is 0.690. The number of hydrogen-bond acceptors (Lipinski definition) is 3. The molecule has 0 bridgehead atoms. The van der Waals surface area contributed by atoms with Gasteiger partial charge < -0.3 is 0 Å². The zero-order chi connectivity index (χ0) is 5.58. The van der Waals surface area contributed by atoms with Gasteiger partial charge in [-0.05, 0) is 0 Å². The van der Waals surface area contributed by atoms with E-state index in [1.165, 1.54) is 0 Å². The van der Waals surface area contributed by atoms with Gasteiger partial charge in [-0.15, -0.1) is 23.3 Å². The van der Waals surface area contributed by atoms with Crippen LogP contribution in [0, 0.1) is 0 Å². The van der Waals surface area contributed by atoms with Gasteiger partial charge in [-0.25, -0.2) is 0 Å². The largest absolute Gasteiger partial charge is 0.260 e. The van der Waals surface area contributed by atoms with Crippen molar-refractivity contribution in [3.63, 3.8) is 0 Å². The Labute approximate surface area is 51.2 Å². The molecule has 0 aliphatic carbocycles. The topological polar surface area (TPSA) is 17.1 Å². The molecule has 0 aromatic heterocycles. The van der Waals surface area contributed by atoms with E-state index in [0.717, 1.165) is 0 Å². The van der Waals surface area contributed by atoms with Crippen molar-refractivity contribution < 1.29 is 4.21 Å². The molecule has 0 atom stereocenters. The first-order valence-electron chi connectivity index (χ1n) is 1.18. The molecular weight excluding hydrogens is 136 g/mol. The van der Waals surface area contributed by atoms with Gasteiger partial charge in [0.05, 0.1) is 0 Å². The van der Waals surface area contributed by atoms with Gasteiger partial charge in [0.25, 0.3) is 0 Å². The van der Waals surface area contributed by atoms with E-state index >= 15 is 0 Å². The zero-order valence-corrected chi connectivity index (χ0v) is 6.32. The fourth-order valence-corrected chi connectivity index (χ4v) is 0. The van der Waals surface area contributed by atoms with Crippen molar-refractivity contribution in [2.24, 2.45) is 0 Å². The minimum absolute atomic E-state index is 0.611. The van der Waals surface area contributed by atoms with Crippen molar-refractivity contribution >= 4 is 34.1 Å². The molecule has 6 heavy (non-hydrogen) atoms. The standard InChI is InChI=1S/C2H6OS.H2S2/c1-4(2)3;1-2/h1-2H3;1-2H. The van der Waals surface area contributed by atoms with Crippen molar-refractivity contribution in [1.82, 2.24) is 0 Å². The molecule has 0 saturated heterocycles. The second-order valence-electron chi connectivity index (χ2n) is 0.742. The fourth-order valence-electron chi connectivity index (χ4n) is 0. The molecule has 0 spiro atoms. The second-order valence-corrected chi connectivity index (χ2v) is 2.22. The van der Waals surface area contributed by atoms with Crippen molar-refractivity contribution in [1.29, 1.82) is 0 Å². The highest BCUT2D eigenvalue weighted by molar-refractivity contribution is 8.59. The van der Waals surface area contributed by atoms with Crippen LogP contribution >= 0.6 is 23.3 Å². The summed E-state index contributed by atoms with van der Waals surface area (Å²) in [6.45, 7) is 0. The third-order valence-corrected chi connectivity index (χ3v) is 0. The Morgan fingerprint density at radius 3 is 1.33 bits per heavy atom. The number of thiol groups is 2. The van der Waals surface area contributed by atoms with Gasteiger partial charge in [-0.2, -0.15) is 0 Å². The molecule has 0 aromatic carbocycles. The molecule has 0 rings (SSSR count). The fraction of sp³-hybridized carbons (Fsp3) is 1.00. The molecule has 0 unspecified atom stereocenters. The summed E-state index contributed by atoms with van der Waals surface area (Å²) >= 11 is 6.44. The van der Waals surface area contributed by atoms with Gasteiger partial charge >= 0.3 is 0 Å². The molecule has 40 valence electrons. The minimum Gasteiger partial charge on any atom is -0.260 e. The van der Waals surface area contributed by atoms with Crippen LogP contribution in [0.3, 0.4) is 0 Å². The quantitative estimate of drug-likeness (QED) is 0.379. The van der Waals surface area contributed by atoms with Crippen molar-refractivity contribution in [3.8, 4) is 0 Å². The normalized spacial score (nSPS) is 6.83. The van der Waals surface area contributed by atoms with Gasteiger partial charge in [0.1, 0.15) is 0 Å². The summed E-state index contributed by atoms with van der Waals surface area (Å²) in [5.41, 5.74) is 0. The van der Waals surface area contributed by atoms with E-state index < -0.39 is 10.8 Å². The maximum absolute atomic E-state index is 9.56. The number of hydrogen-bond donors (Lipinski definition) is 2. The summed E-state index contributed by atoms with van der Waals surface area (Å²) < 4.78 is 9.56. The molecular formula is C2H8OS3. The summed E-state index contributed by atoms with van der Waals surface area (Å²) in [7, 11) is -0.611. The van der Waals surface area contributed by atoms with Gasteiger partial charge in [0.15, 0.2) is 0 Å². The molecule has 0 aliphatic rings. The van der Waals surface area contributed by atoms with Crippen molar-refractivity contribution in [2.45, 2.75) is 0 Å². The molecule has 0 fully saturated rings. The van der Waals surface area contributed by atoms with Crippen LogP contribution in [-0.4, -0.2) is 16.7 Å². The van der Waals surface area contributed by atoms with Crippen LogP contribution in [0.5, 0.6) is 0 Å². The highest BCUT2D eigenvalue weighted by Gasteiger charge is 1.57. The molecule has 0 aromatic rings. The third kappa shape index (κ3) is 99.5. The Balaban J connectivity index is 0. The zero-order valence-electron chi connectivity index (χ0n) is 3.71. The van der Waals surface area contributed by atoms with Gasteiger partial charge in [0.2, 0.25) is 0 Å². The first-order chi connectivity index (χ1) is 2.73. The molecule has 0 radical (unpaired) electrons. The van der Waals surface area contributed by atoms with E-state index in [0.29, 0.717) is 0 Å². The lowest BCUT2D eigenvalue weighted by Gasteiger charge is -1.60. The predicted octanol–water partition coefficient (Wildman–Crippen LogP) is 0.756. The number of rotatable bonds is 0. The molecule has 0 aliphatic heterocycles. The molecule has 0 amide bonds. The lowest BCUT2D eigenvalue weighted by atomic mass is 11.9. The highest BCUT2D eigenvalue weighted by Crippen LogP contribution is 1.65. The Morgan fingerprint density at radius 2 is 1.33 bits per heavy atom. The third-order valence-electron chi connectivity index (χ3n) is 0. The van der Waals surface area contributed by atoms with E-state index in [4.69, 9.17) is 0 Å². The van der Waals surface area contributed by atoms with E-state index in [9.17, 15) is 4.21 Å². The van der Waals surface area contributed by atoms with E-state index in [1.54, 1.807) is 12.5 Å². The monoisotopic (exact) mass is 144 g/mol. The van der Waals surface area contributed by atoms with Gasteiger partial charge in [-0.3, -0.25) is 4.21 Å². The molecule has 1 nitrogen and oxygen atoms in total. The average molecular weight is 144 g/mol. The van der Waals surface area contributed by atoms with Crippen LogP contribution in [0.1, 0.15) is 0 Å². The van der Waals surface area contributed by atoms with Crippen LogP contribution in [-0.2, 0) is 10.8 Å². The first kappa shape index (κ1) is 9.97. The van der Waals surface area contributed by atoms with Crippen molar-refractivity contribution in [2.75, 3.05) is 12.5 Å². The summed E-state index contributed by atoms with van der Waals surface area (Å²) in [6, 6.07) is 0. The predicted molar refractivity (Wildman–Crippen MR) is 38.0 cm³/mol. The average Bonchev–Trinajstić information content (AvgIpc) is 1.41. The van der Waals surface area contributed by atoms with Gasteiger partial charge in [0, 0.05) is 23.3 Å². The molecule has 0 heterocycles. The highest BCUT2D eigenvalue weighted by atomic mass is 33.1. The maximum atomic E-state index is 9.56. The molecule has 4 heteroatoms. The van der Waals surface area contributed by atoms with Gasteiger partial charge in [-0.1, -0.05) is 0 Å². The van der Waals surface area contributed by atoms with Crippen LogP contribution < -0.4 is 0 Å². The lowest BCUT2D eigenvalue weighted by Crippen LogP contribution is -1.70. The van der Waals surface area contributed by atoms with Crippen LogP contribution in [0.25, 0.3) is 0 Å². The van der Waals surface area contributed by atoms with E-state index in [-0.39, 0.29) is 0 Å². The summed E-state index contributed by atoms with van der Waals surface area (Å²) in [6.07, 6.45) is 3.28. The Hall–Kier alpha value is 0.850. The summed E-state index contributed by atoms with van der Waals surface area (Å²) in [5, 5.41) is 0. The van der Waals surface area contributed by atoms with E-state index in [1.807, 2.05) is 0 Å². The Bertz CT molecular complexity index is 31.8. The maximum Gasteiger partial charge on any atom is 0.0148 e. The summed E-state index contributed by atoms with van der Waals surface area (Å²) in [4.78, 5) is 0. The minimum atomic E-state index is -0.611. The van der Waals surface area contributed by atoms with Crippen molar-refractivity contribution in [3.05, 3.63) is 0 Å². The Kier molecular flexibility index (Phi) is 15.4. The second kappa shape index (κ2) is 9.28. The smallest absolute Gasteiger partial charge is 0.0148 e. The Morgan fingerprint density at radius 1 is 1.33 bits per heavy atom. The SMILES string of the molecule is CS(C)=O.SS. The van der Waals surface area contributed by atoms with E-state index in [2.05, 4.69) is 23.3 Å². The van der Waals surface area contributed by atoms with Crippen LogP contribution in [0.2, 0.25) is 0 Å². The molecule has 0 saturated carbocycles. The summed E-state index contributed by atoms with van der Waals surface area (Å²) in [5.74, 6) is 0.